The van der Waals surface area contributed by atoms with Gasteiger partial charge in [0.25, 0.3) is 0 Å². The van der Waals surface area contributed by atoms with Gasteiger partial charge in [-0.05, 0) is 124 Å². The van der Waals surface area contributed by atoms with Crippen LogP contribution in [0.2, 0.25) is 0 Å². The molecule has 0 aromatic heterocycles. The Morgan fingerprint density at radius 1 is 0.667 bits per heavy atom. The van der Waals surface area contributed by atoms with E-state index in [1.165, 1.54) is 71.6 Å². The minimum absolute atomic E-state index is 0.935. The first-order valence-corrected chi connectivity index (χ1v) is 15.4. The maximum absolute atomic E-state index is 2.41. The molecule has 0 aliphatic rings. The van der Waals surface area contributed by atoms with Gasteiger partial charge >= 0.3 is 0 Å². The molecule has 0 heterocycles. The molecule has 5 rings (SSSR count). The van der Waals surface area contributed by atoms with Crippen LogP contribution in [-0.2, 0) is 12.8 Å². The van der Waals surface area contributed by atoms with Crippen molar-refractivity contribution in [2.24, 2.45) is 0 Å². The highest BCUT2D eigenvalue weighted by Crippen LogP contribution is 2.39. The summed E-state index contributed by atoms with van der Waals surface area (Å²) in [6.45, 7) is 11.0. The highest BCUT2D eigenvalue weighted by atomic mass is 14.2. The fourth-order valence-corrected chi connectivity index (χ4v) is 6.22. The van der Waals surface area contributed by atoms with Gasteiger partial charge in [-0.2, -0.15) is 0 Å². The maximum atomic E-state index is 2.41. The summed E-state index contributed by atoms with van der Waals surface area (Å²) < 4.78 is 0. The molecule has 0 bridgehead atoms. The minimum Gasteiger partial charge on any atom is -0.0871 e. The SMILES string of the molecule is C/C=C\c1cc(-c2cccc(-c3cc4ccccc4c4ccccc34)c2)c(/C=C\C)c(C/C(C)=C/C=C\CC)c1CC. The summed E-state index contributed by atoms with van der Waals surface area (Å²) in [6, 6.07) is 31.4. The lowest BCUT2D eigenvalue weighted by Gasteiger charge is -2.21. The molecule has 0 nitrogen and oxygen atoms in total. The van der Waals surface area contributed by atoms with Crippen LogP contribution in [0.15, 0.2) is 121 Å². The Balaban J connectivity index is 1.75. The fraction of sp³-hybridized carbons (Fsp3) is 0.190. The molecule has 0 aliphatic carbocycles. The predicted octanol–water partition coefficient (Wildman–Crippen LogP) is 12.4. The van der Waals surface area contributed by atoms with Crippen LogP contribution in [0.1, 0.15) is 63.3 Å². The van der Waals surface area contributed by atoms with Gasteiger partial charge in [0.15, 0.2) is 0 Å². The van der Waals surface area contributed by atoms with Crippen LogP contribution >= 0.6 is 0 Å². The largest absolute Gasteiger partial charge is 0.0871 e. The van der Waals surface area contributed by atoms with Gasteiger partial charge in [-0.15, -0.1) is 0 Å². The van der Waals surface area contributed by atoms with E-state index in [1.54, 1.807) is 0 Å². The summed E-state index contributed by atoms with van der Waals surface area (Å²) in [5, 5.41) is 5.17. The summed E-state index contributed by atoms with van der Waals surface area (Å²) in [4.78, 5) is 0. The molecule has 0 heteroatoms. The van der Waals surface area contributed by atoms with Gasteiger partial charge in [-0.1, -0.05) is 129 Å². The predicted molar refractivity (Wildman–Crippen MR) is 188 cm³/mol. The van der Waals surface area contributed by atoms with Gasteiger partial charge in [0.1, 0.15) is 0 Å². The van der Waals surface area contributed by atoms with Gasteiger partial charge in [0.05, 0.1) is 0 Å². The van der Waals surface area contributed by atoms with Crippen molar-refractivity contribution in [2.75, 3.05) is 0 Å². The third-order valence-electron chi connectivity index (χ3n) is 8.12. The average molecular weight is 547 g/mol. The number of hydrogen-bond acceptors (Lipinski definition) is 0. The third-order valence-corrected chi connectivity index (χ3v) is 8.12. The lowest BCUT2D eigenvalue weighted by molar-refractivity contribution is 1.04. The van der Waals surface area contributed by atoms with Gasteiger partial charge < -0.3 is 0 Å². The lowest BCUT2D eigenvalue weighted by Crippen LogP contribution is -2.03. The van der Waals surface area contributed by atoms with Gasteiger partial charge in [-0.25, -0.2) is 0 Å². The van der Waals surface area contributed by atoms with Crippen LogP contribution in [0, 0.1) is 0 Å². The Labute approximate surface area is 252 Å². The first-order valence-electron chi connectivity index (χ1n) is 15.4. The van der Waals surface area contributed by atoms with Crippen molar-refractivity contribution in [3.63, 3.8) is 0 Å². The molecule has 0 N–H and O–H groups in total. The first-order chi connectivity index (χ1) is 20.6. The quantitative estimate of drug-likeness (QED) is 0.127. The van der Waals surface area contributed by atoms with Crippen LogP contribution in [0.25, 0.3) is 56.0 Å². The summed E-state index contributed by atoms with van der Waals surface area (Å²) >= 11 is 0. The zero-order valence-corrected chi connectivity index (χ0v) is 25.7. The number of fused-ring (bicyclic) bond motifs is 3. The Morgan fingerprint density at radius 2 is 1.36 bits per heavy atom. The van der Waals surface area contributed by atoms with E-state index >= 15 is 0 Å². The zero-order valence-electron chi connectivity index (χ0n) is 25.7. The Bertz CT molecular complexity index is 1840. The highest BCUT2D eigenvalue weighted by Gasteiger charge is 2.17. The smallest absolute Gasteiger partial charge is 0.00576 e. The van der Waals surface area contributed by atoms with Gasteiger partial charge in [0, 0.05) is 0 Å². The van der Waals surface area contributed by atoms with E-state index in [0.717, 1.165) is 19.3 Å². The van der Waals surface area contributed by atoms with Crippen molar-refractivity contribution >= 4 is 33.7 Å². The maximum Gasteiger partial charge on any atom is -0.00576 e. The van der Waals surface area contributed by atoms with Crippen LogP contribution in [0.3, 0.4) is 0 Å². The Morgan fingerprint density at radius 3 is 2.07 bits per heavy atom. The lowest BCUT2D eigenvalue weighted by atomic mass is 9.83. The number of benzene rings is 5. The van der Waals surface area contributed by atoms with Crippen molar-refractivity contribution in [1.29, 1.82) is 0 Å². The molecule has 0 aliphatic heterocycles. The van der Waals surface area contributed by atoms with Gasteiger partial charge in [0.2, 0.25) is 0 Å². The molecule has 0 saturated carbocycles. The molecule has 0 atom stereocenters. The second kappa shape index (κ2) is 13.5. The Kier molecular flexibility index (Phi) is 9.35. The normalized spacial score (nSPS) is 12.5. The van der Waals surface area contributed by atoms with Crippen molar-refractivity contribution < 1.29 is 0 Å². The number of allylic oxidation sites excluding steroid dienone is 6. The summed E-state index contributed by atoms with van der Waals surface area (Å²) in [5.41, 5.74) is 12.0. The molecule has 5 aromatic rings. The number of hydrogen-bond donors (Lipinski definition) is 0. The van der Waals surface area contributed by atoms with E-state index in [-0.39, 0.29) is 0 Å². The third kappa shape index (κ3) is 5.95. The molecule has 0 radical (unpaired) electrons. The molecule has 5 aromatic carbocycles. The van der Waals surface area contributed by atoms with Crippen LogP contribution in [-0.4, -0.2) is 0 Å². The standard InChI is InChI=1S/C42H42/c1-6-10-11-19-30(5)26-42-35(9-4)31(17-7-2)28-40(37(42)18-8-3)32-21-16-22-33(27-32)41-29-34-20-12-13-23-36(34)38-24-14-15-25-39(38)41/h7-8,10-25,27-29H,6,9,26H2,1-5H3/b11-10-,17-7-,18-8-,30-19+. The van der Waals surface area contributed by atoms with Crippen molar-refractivity contribution in [1.82, 2.24) is 0 Å². The second-order valence-corrected chi connectivity index (χ2v) is 11.0. The summed E-state index contributed by atoms with van der Waals surface area (Å²) in [5.74, 6) is 0. The van der Waals surface area contributed by atoms with Crippen LogP contribution < -0.4 is 0 Å². The van der Waals surface area contributed by atoms with Gasteiger partial charge in [-0.3, -0.25) is 0 Å². The summed E-state index contributed by atoms with van der Waals surface area (Å²) in [6.07, 6.45) is 18.6. The van der Waals surface area contributed by atoms with E-state index in [4.69, 9.17) is 0 Å². The highest BCUT2D eigenvalue weighted by molar-refractivity contribution is 6.13. The van der Waals surface area contributed by atoms with E-state index in [2.05, 4.69) is 162 Å². The van der Waals surface area contributed by atoms with Crippen molar-refractivity contribution in [2.45, 2.75) is 53.9 Å². The summed E-state index contributed by atoms with van der Waals surface area (Å²) in [7, 11) is 0. The fourth-order valence-electron chi connectivity index (χ4n) is 6.22. The van der Waals surface area contributed by atoms with E-state index in [1.807, 2.05) is 0 Å². The molecule has 42 heavy (non-hydrogen) atoms. The molecule has 0 unspecified atom stereocenters. The average Bonchev–Trinajstić information content (AvgIpc) is 3.02. The molecular weight excluding hydrogens is 504 g/mol. The molecule has 210 valence electrons. The van der Waals surface area contributed by atoms with Crippen molar-refractivity contribution in [3.8, 4) is 22.3 Å². The number of rotatable bonds is 9. The molecule has 0 fully saturated rings. The molecular formula is C42H42. The van der Waals surface area contributed by atoms with Crippen LogP contribution in [0.5, 0.6) is 0 Å². The minimum atomic E-state index is 0.935. The molecule has 0 spiro atoms. The van der Waals surface area contributed by atoms with E-state index in [9.17, 15) is 0 Å². The monoisotopic (exact) mass is 546 g/mol. The van der Waals surface area contributed by atoms with Crippen LogP contribution in [0.4, 0.5) is 0 Å². The van der Waals surface area contributed by atoms with E-state index < -0.39 is 0 Å². The second-order valence-electron chi connectivity index (χ2n) is 11.0. The Hall–Kier alpha value is -4.42. The topological polar surface area (TPSA) is 0 Å². The first kappa shape index (κ1) is 29.1. The molecule has 0 amide bonds. The zero-order chi connectivity index (χ0) is 29.5. The van der Waals surface area contributed by atoms with Crippen molar-refractivity contribution in [3.05, 3.63) is 143 Å². The molecule has 0 saturated heterocycles. The van der Waals surface area contributed by atoms with E-state index in [0.29, 0.717) is 0 Å².